The highest BCUT2D eigenvalue weighted by atomic mass is 32.2. The van der Waals surface area contributed by atoms with Crippen molar-refractivity contribution in [3.8, 4) is 0 Å². The molecule has 1 rings (SSSR count). The molecule has 0 aromatic carbocycles. The number of thiazole rings is 1. The zero-order chi connectivity index (χ0) is 10.1. The van der Waals surface area contributed by atoms with Crippen LogP contribution in [0.3, 0.4) is 0 Å². The van der Waals surface area contributed by atoms with Gasteiger partial charge in [-0.25, -0.2) is 14.8 Å². The summed E-state index contributed by atoms with van der Waals surface area (Å²) in [7, 11) is -3.80. The topological polar surface area (TPSA) is 102 Å². The van der Waals surface area contributed by atoms with Crippen molar-refractivity contribution in [3.63, 3.8) is 0 Å². The smallest absolute Gasteiger partial charge is 0.293 e. The maximum absolute atomic E-state index is 10.8. The van der Waals surface area contributed by atoms with Gasteiger partial charge >= 0.3 is 0 Å². The standard InChI is InChI=1S/C5H7N3O3S2/c1-3(9)4-2-12-5(7-4)8-13(6,10)11/h2H,1H3,(H,7,8)(H2,6,10,11). The maximum Gasteiger partial charge on any atom is 0.298 e. The zero-order valence-corrected chi connectivity index (χ0v) is 8.28. The van der Waals surface area contributed by atoms with Crippen molar-refractivity contribution < 1.29 is 13.2 Å². The number of anilines is 1. The van der Waals surface area contributed by atoms with Crippen LogP contribution < -0.4 is 9.86 Å². The number of carbonyl (C=O) groups is 1. The van der Waals surface area contributed by atoms with Gasteiger partial charge in [0.05, 0.1) is 0 Å². The fourth-order valence-electron chi connectivity index (χ4n) is 0.604. The molecule has 0 aliphatic heterocycles. The average Bonchev–Trinajstić information content (AvgIpc) is 2.31. The Hall–Kier alpha value is -0.990. The van der Waals surface area contributed by atoms with Gasteiger partial charge in [0.1, 0.15) is 5.69 Å². The first-order valence-corrected chi connectivity index (χ1v) is 5.58. The minimum absolute atomic E-state index is 0.0905. The number of nitrogens with one attached hydrogen (secondary N) is 1. The SMILES string of the molecule is CC(=O)c1csc(NS(N)(=O)=O)n1. The lowest BCUT2D eigenvalue weighted by atomic mass is 10.4. The molecule has 1 aromatic heterocycles. The number of carbonyl (C=O) groups excluding carboxylic acids is 1. The summed E-state index contributed by atoms with van der Waals surface area (Å²) in [5, 5.41) is 6.24. The first-order valence-electron chi connectivity index (χ1n) is 3.15. The van der Waals surface area contributed by atoms with E-state index in [1.165, 1.54) is 12.3 Å². The Balaban J connectivity index is 2.87. The second-order valence-electron chi connectivity index (χ2n) is 2.24. The molecule has 0 radical (unpaired) electrons. The van der Waals surface area contributed by atoms with Crippen molar-refractivity contribution in [3.05, 3.63) is 11.1 Å². The normalized spacial score (nSPS) is 11.2. The Labute approximate surface area is 79.0 Å². The molecule has 0 amide bonds. The molecule has 1 aromatic rings. The van der Waals surface area contributed by atoms with Crippen LogP contribution in [0.1, 0.15) is 17.4 Å². The molecule has 13 heavy (non-hydrogen) atoms. The largest absolute Gasteiger partial charge is 0.298 e. The Morgan fingerprint density at radius 3 is 2.69 bits per heavy atom. The predicted molar refractivity (Wildman–Crippen MR) is 48.8 cm³/mol. The second-order valence-corrected chi connectivity index (χ2v) is 4.39. The fourth-order valence-corrected chi connectivity index (χ4v) is 2.03. The average molecular weight is 221 g/mol. The molecule has 0 unspecified atom stereocenters. The van der Waals surface area contributed by atoms with E-state index in [0.717, 1.165) is 11.3 Å². The predicted octanol–water partition coefficient (Wildman–Crippen LogP) is -0.0389. The number of hydrogen-bond donors (Lipinski definition) is 2. The number of ketones is 1. The third-order valence-corrected chi connectivity index (χ3v) is 2.46. The van der Waals surface area contributed by atoms with Crippen molar-refractivity contribution >= 4 is 32.5 Å². The van der Waals surface area contributed by atoms with Crippen LogP contribution in [-0.2, 0) is 10.2 Å². The van der Waals surface area contributed by atoms with Gasteiger partial charge in [-0.05, 0) is 0 Å². The van der Waals surface area contributed by atoms with E-state index in [9.17, 15) is 13.2 Å². The van der Waals surface area contributed by atoms with Crippen molar-refractivity contribution in [1.82, 2.24) is 4.98 Å². The van der Waals surface area contributed by atoms with Crippen LogP contribution in [0.25, 0.3) is 0 Å². The second kappa shape index (κ2) is 3.40. The lowest BCUT2D eigenvalue weighted by molar-refractivity contribution is 0.101. The summed E-state index contributed by atoms with van der Waals surface area (Å²) in [5.74, 6) is -0.223. The molecule has 6 nitrogen and oxygen atoms in total. The van der Waals surface area contributed by atoms with E-state index >= 15 is 0 Å². The quantitative estimate of drug-likeness (QED) is 0.699. The Bertz CT molecular complexity index is 422. The minimum atomic E-state index is -3.80. The Morgan fingerprint density at radius 2 is 2.31 bits per heavy atom. The first-order chi connectivity index (χ1) is 5.88. The summed E-state index contributed by atoms with van der Waals surface area (Å²) in [6, 6.07) is 0. The van der Waals surface area contributed by atoms with Crippen LogP contribution in [0.4, 0.5) is 5.13 Å². The van der Waals surface area contributed by atoms with E-state index in [1.54, 1.807) is 0 Å². The van der Waals surface area contributed by atoms with Crippen LogP contribution in [0, 0.1) is 0 Å². The van der Waals surface area contributed by atoms with Gasteiger partial charge in [-0.3, -0.25) is 4.79 Å². The third-order valence-electron chi connectivity index (χ3n) is 1.09. The fraction of sp³-hybridized carbons (Fsp3) is 0.200. The number of nitrogens with two attached hydrogens (primary N) is 1. The van der Waals surface area contributed by atoms with E-state index < -0.39 is 10.2 Å². The van der Waals surface area contributed by atoms with Crippen LogP contribution in [0.2, 0.25) is 0 Å². The molecule has 0 atom stereocenters. The minimum Gasteiger partial charge on any atom is -0.293 e. The summed E-state index contributed by atoms with van der Waals surface area (Å²) in [6.45, 7) is 1.34. The van der Waals surface area contributed by atoms with E-state index in [0.29, 0.717) is 0 Å². The van der Waals surface area contributed by atoms with Gasteiger partial charge in [-0.1, -0.05) is 0 Å². The lowest BCUT2D eigenvalue weighted by Crippen LogP contribution is -2.21. The van der Waals surface area contributed by atoms with E-state index in [4.69, 9.17) is 5.14 Å². The molecule has 0 saturated heterocycles. The van der Waals surface area contributed by atoms with E-state index in [1.807, 2.05) is 4.72 Å². The summed E-state index contributed by atoms with van der Waals surface area (Å²) < 4.78 is 23.0. The van der Waals surface area contributed by atoms with Crippen molar-refractivity contribution in [1.29, 1.82) is 0 Å². The highest BCUT2D eigenvalue weighted by Gasteiger charge is 2.09. The molecule has 0 spiro atoms. The van der Waals surface area contributed by atoms with Gasteiger partial charge in [-0.2, -0.15) is 8.42 Å². The van der Waals surface area contributed by atoms with Crippen LogP contribution in [0.15, 0.2) is 5.38 Å². The summed E-state index contributed by atoms with van der Waals surface area (Å²) in [5.41, 5.74) is 0.219. The Morgan fingerprint density at radius 1 is 1.69 bits per heavy atom. The van der Waals surface area contributed by atoms with Crippen LogP contribution in [0.5, 0.6) is 0 Å². The number of Topliss-reactive ketones (excluding diaryl/α,β-unsaturated/α-hetero) is 1. The molecule has 1 heterocycles. The Kier molecular flexibility index (Phi) is 2.64. The summed E-state index contributed by atoms with van der Waals surface area (Å²) >= 11 is 1.00. The molecule has 8 heteroatoms. The van der Waals surface area contributed by atoms with Gasteiger partial charge in [0.2, 0.25) is 0 Å². The lowest BCUT2D eigenvalue weighted by Gasteiger charge is -1.95. The van der Waals surface area contributed by atoms with Gasteiger partial charge in [0.25, 0.3) is 10.2 Å². The van der Waals surface area contributed by atoms with Crippen LogP contribution in [-0.4, -0.2) is 19.2 Å². The molecule has 0 fully saturated rings. The number of rotatable bonds is 3. The van der Waals surface area contributed by atoms with E-state index in [-0.39, 0.29) is 16.6 Å². The zero-order valence-electron chi connectivity index (χ0n) is 6.64. The molecule has 0 bridgehead atoms. The maximum atomic E-state index is 10.8. The number of nitrogens with zero attached hydrogens (tertiary/aromatic N) is 1. The van der Waals surface area contributed by atoms with Gasteiger partial charge in [-0.15, -0.1) is 11.3 Å². The van der Waals surface area contributed by atoms with Crippen molar-refractivity contribution in [2.45, 2.75) is 6.92 Å². The molecule has 0 aliphatic rings. The van der Waals surface area contributed by atoms with Gasteiger partial charge in [0, 0.05) is 12.3 Å². The van der Waals surface area contributed by atoms with Gasteiger partial charge in [0.15, 0.2) is 10.9 Å². The van der Waals surface area contributed by atoms with Crippen LogP contribution >= 0.6 is 11.3 Å². The molecule has 0 aliphatic carbocycles. The molecule has 3 N–H and O–H groups in total. The summed E-state index contributed by atoms with van der Waals surface area (Å²) in [4.78, 5) is 14.5. The molecule has 0 saturated carbocycles. The van der Waals surface area contributed by atoms with Gasteiger partial charge < -0.3 is 0 Å². The highest BCUT2D eigenvalue weighted by Crippen LogP contribution is 2.15. The van der Waals surface area contributed by atoms with E-state index in [2.05, 4.69) is 4.98 Å². The van der Waals surface area contributed by atoms with Crippen molar-refractivity contribution in [2.75, 3.05) is 4.72 Å². The summed E-state index contributed by atoms with van der Waals surface area (Å²) in [6.07, 6.45) is 0. The first kappa shape index (κ1) is 10.1. The monoisotopic (exact) mass is 221 g/mol. The molecule has 72 valence electrons. The van der Waals surface area contributed by atoms with Crippen molar-refractivity contribution in [2.24, 2.45) is 5.14 Å². The molecular formula is C5H7N3O3S2. The third kappa shape index (κ3) is 3.09. The molecular weight excluding hydrogens is 214 g/mol. The highest BCUT2D eigenvalue weighted by molar-refractivity contribution is 7.90. The number of aromatic nitrogens is 1. The number of hydrogen-bond acceptors (Lipinski definition) is 5.